The van der Waals surface area contributed by atoms with Crippen LogP contribution >= 0.6 is 0 Å². The van der Waals surface area contributed by atoms with Crippen molar-refractivity contribution in [3.05, 3.63) is 42.4 Å². The number of hydrogen-bond donors (Lipinski definition) is 2. The van der Waals surface area contributed by atoms with Crippen LogP contribution in [0.4, 0.5) is 0 Å². The van der Waals surface area contributed by atoms with Crippen LogP contribution in [0.15, 0.2) is 40.9 Å². The van der Waals surface area contributed by atoms with E-state index in [1.54, 1.807) is 6.20 Å². The number of carbonyl (C=O) groups is 1. The van der Waals surface area contributed by atoms with Crippen molar-refractivity contribution >= 4 is 5.91 Å². The largest absolute Gasteiger partial charge is 0.441 e. The zero-order valence-electron chi connectivity index (χ0n) is 15.4. The average molecular weight is 343 g/mol. The molecule has 0 spiro atoms. The summed E-state index contributed by atoms with van der Waals surface area (Å²) >= 11 is 0. The average Bonchev–Trinajstić information content (AvgIpc) is 3.03. The number of benzene rings is 1. The lowest BCUT2D eigenvalue weighted by molar-refractivity contribution is -0.123. The summed E-state index contributed by atoms with van der Waals surface area (Å²) in [5.41, 5.74) is 6.51. The van der Waals surface area contributed by atoms with Crippen LogP contribution in [0, 0.1) is 5.92 Å². The molecule has 1 atom stereocenters. The molecular weight excluding hydrogens is 314 g/mol. The Balaban J connectivity index is 1.81. The third-order valence-electron chi connectivity index (χ3n) is 4.16. The van der Waals surface area contributed by atoms with Crippen LogP contribution in [0.25, 0.3) is 11.3 Å². The minimum Gasteiger partial charge on any atom is -0.441 e. The number of nitrogens with two attached hydrogens (primary N) is 1. The molecule has 1 aromatic heterocycles. The lowest BCUT2D eigenvalue weighted by atomic mass is 9.90. The van der Waals surface area contributed by atoms with E-state index in [0.29, 0.717) is 37.6 Å². The smallest absolute Gasteiger partial charge is 0.220 e. The quantitative estimate of drug-likeness (QED) is 0.729. The maximum atomic E-state index is 12.2. The number of nitrogens with one attached hydrogen (secondary N) is 1. The van der Waals surface area contributed by atoms with Crippen LogP contribution in [0.2, 0.25) is 0 Å². The van der Waals surface area contributed by atoms with E-state index in [1.807, 2.05) is 37.3 Å². The summed E-state index contributed by atoms with van der Waals surface area (Å²) in [6, 6.07) is 9.87. The minimum atomic E-state index is -0.339. The van der Waals surface area contributed by atoms with E-state index in [-0.39, 0.29) is 11.4 Å². The molecule has 25 heavy (non-hydrogen) atoms. The van der Waals surface area contributed by atoms with Gasteiger partial charge in [-0.1, -0.05) is 44.2 Å². The van der Waals surface area contributed by atoms with Crippen LogP contribution in [-0.2, 0) is 11.2 Å². The second kappa shape index (κ2) is 8.81. The van der Waals surface area contributed by atoms with Crippen LogP contribution in [0.5, 0.6) is 0 Å². The summed E-state index contributed by atoms with van der Waals surface area (Å²) in [4.78, 5) is 16.5. The molecule has 0 saturated heterocycles. The summed E-state index contributed by atoms with van der Waals surface area (Å²) in [6.45, 7) is 6.71. The predicted octanol–water partition coefficient (Wildman–Crippen LogP) is 3.54. The highest BCUT2D eigenvalue weighted by molar-refractivity contribution is 5.76. The monoisotopic (exact) mass is 343 g/mol. The van der Waals surface area contributed by atoms with Crippen molar-refractivity contribution in [2.75, 3.05) is 6.54 Å². The van der Waals surface area contributed by atoms with E-state index in [0.717, 1.165) is 17.7 Å². The SMILES string of the molecule is CC(C)CC(C)(CN)NC(=O)CCCc1ncc(-c2ccccc2)o1. The summed E-state index contributed by atoms with van der Waals surface area (Å²) in [5, 5.41) is 3.08. The molecule has 0 aliphatic heterocycles. The van der Waals surface area contributed by atoms with Crippen molar-refractivity contribution < 1.29 is 9.21 Å². The van der Waals surface area contributed by atoms with Crippen LogP contribution < -0.4 is 11.1 Å². The number of aryl methyl sites for hydroxylation is 1. The van der Waals surface area contributed by atoms with Crippen LogP contribution in [-0.4, -0.2) is 23.0 Å². The Hall–Kier alpha value is -2.14. The van der Waals surface area contributed by atoms with Crippen molar-refractivity contribution in [2.24, 2.45) is 11.7 Å². The fourth-order valence-corrected chi connectivity index (χ4v) is 3.05. The molecule has 3 N–H and O–H groups in total. The molecular formula is C20H29N3O2. The molecule has 1 amide bonds. The molecule has 0 radical (unpaired) electrons. The Morgan fingerprint density at radius 1 is 1.32 bits per heavy atom. The topological polar surface area (TPSA) is 81.1 Å². The van der Waals surface area contributed by atoms with E-state index < -0.39 is 0 Å². The van der Waals surface area contributed by atoms with Gasteiger partial charge < -0.3 is 15.5 Å². The van der Waals surface area contributed by atoms with Gasteiger partial charge in [-0.2, -0.15) is 0 Å². The van der Waals surface area contributed by atoms with Gasteiger partial charge in [0.1, 0.15) is 0 Å². The Kier molecular flexibility index (Phi) is 6.76. The molecule has 1 unspecified atom stereocenters. The molecule has 2 rings (SSSR count). The van der Waals surface area contributed by atoms with Gasteiger partial charge >= 0.3 is 0 Å². The lowest BCUT2D eigenvalue weighted by Gasteiger charge is -2.31. The molecule has 0 aliphatic rings. The first-order chi connectivity index (χ1) is 11.9. The molecule has 1 aromatic carbocycles. The first-order valence-electron chi connectivity index (χ1n) is 8.93. The van der Waals surface area contributed by atoms with Gasteiger partial charge in [-0.05, 0) is 25.7 Å². The second-order valence-corrected chi connectivity index (χ2v) is 7.25. The third kappa shape index (κ3) is 6.02. The predicted molar refractivity (Wildman–Crippen MR) is 99.9 cm³/mol. The van der Waals surface area contributed by atoms with Gasteiger partial charge in [0.2, 0.25) is 5.91 Å². The van der Waals surface area contributed by atoms with Gasteiger partial charge in [-0.3, -0.25) is 4.79 Å². The highest BCUT2D eigenvalue weighted by Crippen LogP contribution is 2.20. The summed E-state index contributed by atoms with van der Waals surface area (Å²) in [6.07, 6.45) is 4.39. The van der Waals surface area contributed by atoms with Gasteiger partial charge in [0, 0.05) is 30.5 Å². The van der Waals surface area contributed by atoms with Crippen molar-refractivity contribution in [3.8, 4) is 11.3 Å². The van der Waals surface area contributed by atoms with Gasteiger partial charge in [0.15, 0.2) is 11.7 Å². The van der Waals surface area contributed by atoms with Crippen LogP contribution in [0.1, 0.15) is 45.9 Å². The van der Waals surface area contributed by atoms with Gasteiger partial charge in [0.05, 0.1) is 6.20 Å². The molecule has 0 aliphatic carbocycles. The van der Waals surface area contributed by atoms with Crippen LogP contribution in [0.3, 0.4) is 0 Å². The molecule has 0 saturated carbocycles. The zero-order chi connectivity index (χ0) is 18.3. The first kappa shape index (κ1) is 19.2. The van der Waals surface area contributed by atoms with E-state index in [4.69, 9.17) is 10.2 Å². The Labute approximate surface area is 150 Å². The van der Waals surface area contributed by atoms with Crippen molar-refractivity contribution in [2.45, 2.75) is 52.0 Å². The lowest BCUT2D eigenvalue weighted by Crippen LogP contribution is -2.52. The third-order valence-corrected chi connectivity index (χ3v) is 4.16. The number of rotatable bonds is 9. The second-order valence-electron chi connectivity index (χ2n) is 7.25. The first-order valence-corrected chi connectivity index (χ1v) is 8.93. The zero-order valence-corrected chi connectivity index (χ0v) is 15.4. The van der Waals surface area contributed by atoms with E-state index in [9.17, 15) is 4.79 Å². The molecule has 2 aromatic rings. The minimum absolute atomic E-state index is 0.0310. The molecule has 1 heterocycles. The van der Waals surface area contributed by atoms with Gasteiger partial charge in [-0.15, -0.1) is 0 Å². The summed E-state index contributed by atoms with van der Waals surface area (Å²) < 4.78 is 5.76. The Morgan fingerprint density at radius 3 is 2.68 bits per heavy atom. The maximum absolute atomic E-state index is 12.2. The number of carbonyl (C=O) groups excluding carboxylic acids is 1. The number of oxazole rings is 1. The maximum Gasteiger partial charge on any atom is 0.220 e. The fourth-order valence-electron chi connectivity index (χ4n) is 3.05. The summed E-state index contributed by atoms with van der Waals surface area (Å²) in [7, 11) is 0. The van der Waals surface area contributed by atoms with Crippen molar-refractivity contribution in [3.63, 3.8) is 0 Å². The van der Waals surface area contributed by atoms with E-state index in [1.165, 1.54) is 0 Å². The molecule has 0 fully saturated rings. The summed E-state index contributed by atoms with van der Waals surface area (Å²) in [5.74, 6) is 1.93. The number of aromatic nitrogens is 1. The Bertz CT molecular complexity index is 667. The van der Waals surface area contributed by atoms with E-state index in [2.05, 4.69) is 24.1 Å². The number of amides is 1. The van der Waals surface area contributed by atoms with Crippen molar-refractivity contribution in [1.82, 2.24) is 10.3 Å². The molecule has 136 valence electrons. The Morgan fingerprint density at radius 2 is 2.04 bits per heavy atom. The number of hydrogen-bond acceptors (Lipinski definition) is 4. The normalized spacial score (nSPS) is 13.6. The van der Waals surface area contributed by atoms with Gasteiger partial charge in [-0.25, -0.2) is 4.98 Å². The number of nitrogens with zero attached hydrogens (tertiary/aromatic N) is 1. The molecule has 0 bridgehead atoms. The standard InChI is InChI=1S/C20H29N3O2/c1-15(2)12-20(3,14-21)23-18(24)10-7-11-19-22-13-17(25-19)16-8-5-4-6-9-16/h4-6,8-9,13,15H,7,10-12,14,21H2,1-3H3,(H,23,24). The highest BCUT2D eigenvalue weighted by Gasteiger charge is 2.25. The van der Waals surface area contributed by atoms with Gasteiger partial charge in [0.25, 0.3) is 0 Å². The molecule has 5 nitrogen and oxygen atoms in total. The van der Waals surface area contributed by atoms with E-state index >= 15 is 0 Å². The molecule has 5 heteroatoms. The highest BCUT2D eigenvalue weighted by atomic mass is 16.4. The fraction of sp³-hybridized carbons (Fsp3) is 0.500. The van der Waals surface area contributed by atoms with Crippen molar-refractivity contribution in [1.29, 1.82) is 0 Å².